The molecular weight excluding hydrogens is 145 g/mol. The third-order valence-corrected chi connectivity index (χ3v) is 1.47. The summed E-state index contributed by atoms with van der Waals surface area (Å²) in [6.07, 6.45) is 1.50. The molecular formula is C7H10FN3. The van der Waals surface area contributed by atoms with E-state index in [1.54, 1.807) is 6.92 Å². The molecule has 0 aliphatic carbocycles. The van der Waals surface area contributed by atoms with Crippen LogP contribution in [0.1, 0.15) is 11.3 Å². The molecule has 0 spiro atoms. The van der Waals surface area contributed by atoms with Gasteiger partial charge in [0.15, 0.2) is 0 Å². The first kappa shape index (κ1) is 8.07. The highest BCUT2D eigenvalue weighted by molar-refractivity contribution is 5.14. The largest absolute Gasteiger partial charge is 0.330 e. The standard InChI is InChI=1S/C7H10FN3/c1-5-6(2-3-9)4-10-7(8)11-5/h4H,2-3,9H2,1H3. The van der Waals surface area contributed by atoms with Crippen molar-refractivity contribution in [2.24, 2.45) is 5.73 Å². The predicted molar refractivity (Wildman–Crippen MR) is 39.5 cm³/mol. The molecule has 0 unspecified atom stereocenters. The van der Waals surface area contributed by atoms with Gasteiger partial charge in [-0.05, 0) is 25.5 Å². The Balaban J connectivity index is 2.90. The first-order valence-corrected chi connectivity index (χ1v) is 3.42. The summed E-state index contributed by atoms with van der Waals surface area (Å²) in [6.45, 7) is 2.28. The molecule has 1 rings (SSSR count). The zero-order valence-corrected chi connectivity index (χ0v) is 6.34. The van der Waals surface area contributed by atoms with Crippen molar-refractivity contribution in [1.29, 1.82) is 0 Å². The number of halogens is 1. The molecule has 2 N–H and O–H groups in total. The molecule has 11 heavy (non-hydrogen) atoms. The Bertz CT molecular complexity index is 249. The molecule has 0 aliphatic heterocycles. The van der Waals surface area contributed by atoms with E-state index in [1.807, 2.05) is 0 Å². The van der Waals surface area contributed by atoms with Crippen molar-refractivity contribution < 1.29 is 4.39 Å². The maximum Gasteiger partial charge on any atom is 0.308 e. The van der Waals surface area contributed by atoms with E-state index in [1.165, 1.54) is 6.20 Å². The van der Waals surface area contributed by atoms with Crippen LogP contribution in [0.5, 0.6) is 0 Å². The SMILES string of the molecule is Cc1nc(F)ncc1CCN. The summed E-state index contributed by atoms with van der Waals surface area (Å²) in [5.41, 5.74) is 6.90. The van der Waals surface area contributed by atoms with Gasteiger partial charge >= 0.3 is 6.08 Å². The van der Waals surface area contributed by atoms with Gasteiger partial charge in [0, 0.05) is 11.9 Å². The fourth-order valence-electron chi connectivity index (χ4n) is 0.865. The molecule has 0 radical (unpaired) electrons. The van der Waals surface area contributed by atoms with Gasteiger partial charge in [-0.2, -0.15) is 4.39 Å². The van der Waals surface area contributed by atoms with Crippen molar-refractivity contribution in [3.63, 3.8) is 0 Å². The van der Waals surface area contributed by atoms with Crippen LogP contribution in [0.3, 0.4) is 0 Å². The molecule has 3 nitrogen and oxygen atoms in total. The van der Waals surface area contributed by atoms with Gasteiger partial charge in [-0.15, -0.1) is 0 Å². The van der Waals surface area contributed by atoms with Crippen molar-refractivity contribution in [3.8, 4) is 0 Å². The monoisotopic (exact) mass is 155 g/mol. The highest BCUT2D eigenvalue weighted by Crippen LogP contribution is 2.02. The lowest BCUT2D eigenvalue weighted by Crippen LogP contribution is -2.06. The Kier molecular flexibility index (Phi) is 2.48. The van der Waals surface area contributed by atoms with Gasteiger partial charge < -0.3 is 5.73 Å². The van der Waals surface area contributed by atoms with Crippen LogP contribution < -0.4 is 5.73 Å². The molecule has 0 fully saturated rings. The summed E-state index contributed by atoms with van der Waals surface area (Å²) < 4.78 is 12.3. The molecule has 1 aromatic rings. The van der Waals surface area contributed by atoms with E-state index in [2.05, 4.69) is 9.97 Å². The normalized spacial score (nSPS) is 10.1. The van der Waals surface area contributed by atoms with E-state index in [9.17, 15) is 4.39 Å². The second-order valence-electron chi connectivity index (χ2n) is 2.29. The minimum Gasteiger partial charge on any atom is -0.330 e. The van der Waals surface area contributed by atoms with Gasteiger partial charge in [0.1, 0.15) is 0 Å². The van der Waals surface area contributed by atoms with Crippen LogP contribution in [-0.4, -0.2) is 16.5 Å². The lowest BCUT2D eigenvalue weighted by molar-refractivity contribution is 0.532. The zero-order valence-electron chi connectivity index (χ0n) is 6.34. The fraction of sp³-hybridized carbons (Fsp3) is 0.429. The Morgan fingerprint density at radius 2 is 2.36 bits per heavy atom. The summed E-state index contributed by atoms with van der Waals surface area (Å²) in [7, 11) is 0. The van der Waals surface area contributed by atoms with E-state index in [0.29, 0.717) is 18.7 Å². The van der Waals surface area contributed by atoms with E-state index < -0.39 is 6.08 Å². The Labute approximate surface area is 64.5 Å². The molecule has 1 aromatic heterocycles. The van der Waals surface area contributed by atoms with Crippen molar-refractivity contribution in [3.05, 3.63) is 23.5 Å². The lowest BCUT2D eigenvalue weighted by Gasteiger charge is -2.00. The highest BCUT2D eigenvalue weighted by Gasteiger charge is 2.00. The first-order valence-electron chi connectivity index (χ1n) is 3.42. The fourth-order valence-corrected chi connectivity index (χ4v) is 0.865. The molecule has 0 bridgehead atoms. The maximum absolute atomic E-state index is 12.3. The van der Waals surface area contributed by atoms with Gasteiger partial charge in [-0.25, -0.2) is 9.97 Å². The molecule has 0 aliphatic rings. The first-order chi connectivity index (χ1) is 5.24. The van der Waals surface area contributed by atoms with Crippen LogP contribution >= 0.6 is 0 Å². The molecule has 0 aromatic carbocycles. The second-order valence-corrected chi connectivity index (χ2v) is 2.29. The topological polar surface area (TPSA) is 51.8 Å². The number of nitrogens with two attached hydrogens (primary N) is 1. The molecule has 0 atom stereocenters. The molecule has 0 saturated heterocycles. The highest BCUT2D eigenvalue weighted by atomic mass is 19.1. The number of hydrogen-bond acceptors (Lipinski definition) is 3. The smallest absolute Gasteiger partial charge is 0.308 e. The molecule has 60 valence electrons. The van der Waals surface area contributed by atoms with Crippen molar-refractivity contribution in [2.75, 3.05) is 6.54 Å². The summed E-state index contributed by atoms with van der Waals surface area (Å²) in [6, 6.07) is 0. The molecule has 0 saturated carbocycles. The van der Waals surface area contributed by atoms with E-state index in [-0.39, 0.29) is 0 Å². The number of aromatic nitrogens is 2. The number of aryl methyl sites for hydroxylation is 1. The number of rotatable bonds is 2. The Morgan fingerprint density at radius 1 is 1.64 bits per heavy atom. The zero-order chi connectivity index (χ0) is 8.27. The van der Waals surface area contributed by atoms with Crippen LogP contribution in [0, 0.1) is 13.0 Å². The van der Waals surface area contributed by atoms with Gasteiger partial charge in [0.05, 0.1) is 0 Å². The van der Waals surface area contributed by atoms with E-state index in [0.717, 1.165) is 5.56 Å². The van der Waals surface area contributed by atoms with E-state index >= 15 is 0 Å². The van der Waals surface area contributed by atoms with Gasteiger partial charge in [-0.1, -0.05) is 0 Å². The number of hydrogen-bond donors (Lipinski definition) is 1. The summed E-state index contributed by atoms with van der Waals surface area (Å²) in [5.74, 6) is 0. The van der Waals surface area contributed by atoms with Crippen LogP contribution in [-0.2, 0) is 6.42 Å². The van der Waals surface area contributed by atoms with Crippen molar-refractivity contribution in [1.82, 2.24) is 9.97 Å². The van der Waals surface area contributed by atoms with E-state index in [4.69, 9.17) is 5.73 Å². The Hall–Kier alpha value is -1.03. The molecule has 0 amide bonds. The predicted octanol–water partition coefficient (Wildman–Crippen LogP) is 0.425. The van der Waals surface area contributed by atoms with Crippen molar-refractivity contribution in [2.45, 2.75) is 13.3 Å². The van der Waals surface area contributed by atoms with Gasteiger partial charge in [0.25, 0.3) is 0 Å². The average molecular weight is 155 g/mol. The average Bonchev–Trinajstić information content (AvgIpc) is 1.95. The quantitative estimate of drug-likeness (QED) is 0.630. The maximum atomic E-state index is 12.3. The lowest BCUT2D eigenvalue weighted by atomic mass is 10.2. The van der Waals surface area contributed by atoms with Crippen molar-refractivity contribution >= 4 is 0 Å². The minimum absolute atomic E-state index is 0.538. The van der Waals surface area contributed by atoms with Crippen LogP contribution in [0.25, 0.3) is 0 Å². The van der Waals surface area contributed by atoms with Gasteiger partial charge in [-0.3, -0.25) is 0 Å². The molecule has 1 heterocycles. The van der Waals surface area contributed by atoms with Gasteiger partial charge in [0.2, 0.25) is 0 Å². The Morgan fingerprint density at radius 3 is 2.91 bits per heavy atom. The summed E-state index contributed by atoms with van der Waals surface area (Å²) >= 11 is 0. The summed E-state index contributed by atoms with van der Waals surface area (Å²) in [5, 5.41) is 0. The van der Waals surface area contributed by atoms with Crippen LogP contribution in [0.2, 0.25) is 0 Å². The minimum atomic E-state index is -0.678. The molecule has 4 heteroatoms. The summed E-state index contributed by atoms with van der Waals surface area (Å²) in [4.78, 5) is 6.98. The third-order valence-electron chi connectivity index (χ3n) is 1.47. The second kappa shape index (κ2) is 3.39. The van der Waals surface area contributed by atoms with Crippen LogP contribution in [0.4, 0.5) is 4.39 Å². The van der Waals surface area contributed by atoms with Crippen LogP contribution in [0.15, 0.2) is 6.20 Å². The number of nitrogens with zero attached hydrogens (tertiary/aromatic N) is 2. The third kappa shape index (κ3) is 1.94.